The van der Waals surface area contributed by atoms with Gasteiger partial charge in [-0.15, -0.1) is 0 Å². The maximum absolute atomic E-state index is 2.31. The van der Waals surface area contributed by atoms with Crippen LogP contribution in [-0.4, -0.2) is 0 Å². The highest BCUT2D eigenvalue weighted by Crippen LogP contribution is 2.42. The summed E-state index contributed by atoms with van der Waals surface area (Å²) in [5.74, 6) is 0. The molecule has 0 saturated carbocycles. The molecule has 0 aromatic heterocycles. The first-order chi connectivity index (χ1) is 11.4. The second kappa shape index (κ2) is 4.82. The fourth-order valence-corrected chi connectivity index (χ4v) is 3.59. The van der Waals surface area contributed by atoms with E-state index in [1.165, 1.54) is 44.2 Å². The van der Waals surface area contributed by atoms with E-state index in [2.05, 4.69) is 91.3 Å². The largest absolute Gasteiger partial charge is 0.0619 e. The summed E-state index contributed by atoms with van der Waals surface area (Å²) >= 11 is 0. The van der Waals surface area contributed by atoms with Crippen molar-refractivity contribution < 1.29 is 0 Å². The van der Waals surface area contributed by atoms with Crippen LogP contribution < -0.4 is 0 Å². The van der Waals surface area contributed by atoms with E-state index in [9.17, 15) is 0 Å². The summed E-state index contributed by atoms with van der Waals surface area (Å²) in [6, 6.07) is 30.5. The van der Waals surface area contributed by atoms with Crippen molar-refractivity contribution in [3.05, 3.63) is 102 Å². The van der Waals surface area contributed by atoms with Crippen LogP contribution in [0.4, 0.5) is 0 Å². The molecule has 1 radical (unpaired) electrons. The maximum Gasteiger partial charge on any atom is 0.0218 e. The third-order valence-electron chi connectivity index (χ3n) is 4.72. The van der Waals surface area contributed by atoms with Gasteiger partial charge in [-0.3, -0.25) is 0 Å². The van der Waals surface area contributed by atoms with Crippen LogP contribution >= 0.6 is 0 Å². The van der Waals surface area contributed by atoms with Crippen LogP contribution in [0.1, 0.15) is 11.1 Å². The normalized spacial score (nSPS) is 12.2. The molecule has 0 nitrogen and oxygen atoms in total. The lowest BCUT2D eigenvalue weighted by Crippen LogP contribution is -1.86. The first-order valence-corrected chi connectivity index (χ1v) is 7.96. The Bertz CT molecular complexity index is 1040. The van der Waals surface area contributed by atoms with Crippen molar-refractivity contribution in [3.63, 3.8) is 0 Å². The highest BCUT2D eigenvalue weighted by atomic mass is 14.2. The quantitative estimate of drug-likeness (QED) is 0.350. The smallest absolute Gasteiger partial charge is 0.0218 e. The third-order valence-corrected chi connectivity index (χ3v) is 4.72. The molecule has 5 rings (SSSR count). The van der Waals surface area contributed by atoms with Crippen LogP contribution in [0.2, 0.25) is 0 Å². The molecule has 4 aromatic rings. The molecule has 0 unspecified atom stereocenters. The highest BCUT2D eigenvalue weighted by Gasteiger charge is 2.21. The van der Waals surface area contributed by atoms with Gasteiger partial charge in [-0.05, 0) is 50.2 Å². The van der Waals surface area contributed by atoms with Gasteiger partial charge < -0.3 is 0 Å². The highest BCUT2D eigenvalue weighted by molar-refractivity contribution is 5.92. The molecule has 107 valence electrons. The fraction of sp³-hybridized carbons (Fsp3) is 0. The van der Waals surface area contributed by atoms with Gasteiger partial charge in [-0.25, -0.2) is 0 Å². The van der Waals surface area contributed by atoms with E-state index in [4.69, 9.17) is 0 Å². The number of benzene rings is 4. The molecule has 1 aliphatic rings. The van der Waals surface area contributed by atoms with Crippen LogP contribution in [0.3, 0.4) is 0 Å². The standard InChI is InChI=1S/C23H15/c1-2-7-17-14-19(13-12-16(17)6-1)21-10-5-11-22-20-9-4-3-8-18(20)15-23(21)22/h1-15H. The molecule has 4 aromatic carbocycles. The number of rotatable bonds is 1. The van der Waals surface area contributed by atoms with E-state index in [0.717, 1.165) is 0 Å². The Labute approximate surface area is 136 Å². The van der Waals surface area contributed by atoms with Crippen LogP contribution in [0.5, 0.6) is 0 Å². The SMILES string of the molecule is [CH]1c2ccccc2-c2cccc(-c3ccc4ccccc4c3)c21. The summed E-state index contributed by atoms with van der Waals surface area (Å²) in [5.41, 5.74) is 7.92. The van der Waals surface area contributed by atoms with Gasteiger partial charge in [-0.1, -0.05) is 78.9 Å². The van der Waals surface area contributed by atoms with Crippen molar-refractivity contribution in [3.8, 4) is 22.3 Å². The minimum atomic E-state index is 1.28. The van der Waals surface area contributed by atoms with Gasteiger partial charge in [0, 0.05) is 6.42 Å². The molecule has 0 saturated heterocycles. The average molecular weight is 291 g/mol. The lowest BCUT2D eigenvalue weighted by atomic mass is 9.94. The molecule has 0 amide bonds. The average Bonchev–Trinajstić information content (AvgIpc) is 3.00. The summed E-state index contributed by atoms with van der Waals surface area (Å²) in [5, 5.41) is 2.58. The van der Waals surface area contributed by atoms with E-state index >= 15 is 0 Å². The molecule has 0 atom stereocenters. The second-order valence-electron chi connectivity index (χ2n) is 6.06. The Kier molecular flexibility index (Phi) is 2.65. The molecule has 0 aliphatic heterocycles. The first kappa shape index (κ1) is 12.7. The van der Waals surface area contributed by atoms with Gasteiger partial charge in [0.15, 0.2) is 0 Å². The van der Waals surface area contributed by atoms with Crippen LogP contribution in [0, 0.1) is 6.42 Å². The van der Waals surface area contributed by atoms with Crippen molar-refractivity contribution >= 4 is 10.8 Å². The zero-order valence-corrected chi connectivity index (χ0v) is 12.7. The Hall–Kier alpha value is -2.86. The molecular formula is C23H15. The van der Waals surface area contributed by atoms with Crippen LogP contribution in [0.15, 0.2) is 84.9 Å². The Balaban J connectivity index is 1.73. The van der Waals surface area contributed by atoms with E-state index in [-0.39, 0.29) is 0 Å². The van der Waals surface area contributed by atoms with E-state index < -0.39 is 0 Å². The molecule has 1 aliphatic carbocycles. The van der Waals surface area contributed by atoms with Crippen molar-refractivity contribution in [2.24, 2.45) is 0 Å². The zero-order chi connectivity index (χ0) is 15.2. The van der Waals surface area contributed by atoms with Crippen molar-refractivity contribution in [1.82, 2.24) is 0 Å². The Morgan fingerprint density at radius 2 is 1.22 bits per heavy atom. The van der Waals surface area contributed by atoms with Crippen molar-refractivity contribution in [1.29, 1.82) is 0 Å². The molecule has 0 fully saturated rings. The van der Waals surface area contributed by atoms with E-state index in [1.54, 1.807) is 0 Å². The van der Waals surface area contributed by atoms with Crippen LogP contribution in [-0.2, 0) is 0 Å². The molecule has 0 heterocycles. The molecule has 0 spiro atoms. The molecule has 0 heteroatoms. The zero-order valence-electron chi connectivity index (χ0n) is 12.7. The van der Waals surface area contributed by atoms with Gasteiger partial charge in [0.2, 0.25) is 0 Å². The summed E-state index contributed by atoms with van der Waals surface area (Å²) in [6.45, 7) is 0. The lowest BCUT2D eigenvalue weighted by Gasteiger charge is -2.10. The Morgan fingerprint density at radius 1 is 0.478 bits per heavy atom. The minimum absolute atomic E-state index is 1.28. The topological polar surface area (TPSA) is 0 Å². The van der Waals surface area contributed by atoms with Gasteiger partial charge in [0.05, 0.1) is 0 Å². The fourth-order valence-electron chi connectivity index (χ4n) is 3.59. The summed E-state index contributed by atoms with van der Waals surface area (Å²) < 4.78 is 0. The molecular weight excluding hydrogens is 276 g/mol. The first-order valence-electron chi connectivity index (χ1n) is 7.96. The van der Waals surface area contributed by atoms with Crippen LogP contribution in [0.25, 0.3) is 33.0 Å². The maximum atomic E-state index is 2.31. The second-order valence-corrected chi connectivity index (χ2v) is 6.06. The van der Waals surface area contributed by atoms with Crippen molar-refractivity contribution in [2.75, 3.05) is 0 Å². The minimum Gasteiger partial charge on any atom is -0.0619 e. The van der Waals surface area contributed by atoms with Gasteiger partial charge >= 0.3 is 0 Å². The predicted molar refractivity (Wildman–Crippen MR) is 97.3 cm³/mol. The Morgan fingerprint density at radius 3 is 2.17 bits per heavy atom. The lowest BCUT2D eigenvalue weighted by molar-refractivity contribution is 1.53. The molecule has 0 bridgehead atoms. The number of hydrogen-bond donors (Lipinski definition) is 0. The molecule has 23 heavy (non-hydrogen) atoms. The van der Waals surface area contributed by atoms with E-state index in [0.29, 0.717) is 0 Å². The summed E-state index contributed by atoms with van der Waals surface area (Å²) in [6.07, 6.45) is 2.31. The van der Waals surface area contributed by atoms with Crippen molar-refractivity contribution in [2.45, 2.75) is 0 Å². The number of fused-ring (bicyclic) bond motifs is 4. The number of hydrogen-bond acceptors (Lipinski definition) is 0. The van der Waals surface area contributed by atoms with Gasteiger partial charge in [0.25, 0.3) is 0 Å². The predicted octanol–water partition coefficient (Wildman–Crippen LogP) is 6.09. The third kappa shape index (κ3) is 1.92. The molecule has 0 N–H and O–H groups in total. The summed E-state index contributed by atoms with van der Waals surface area (Å²) in [4.78, 5) is 0. The van der Waals surface area contributed by atoms with Gasteiger partial charge in [0.1, 0.15) is 0 Å². The van der Waals surface area contributed by atoms with E-state index in [1.807, 2.05) is 0 Å². The van der Waals surface area contributed by atoms with Gasteiger partial charge in [-0.2, -0.15) is 0 Å². The monoisotopic (exact) mass is 291 g/mol. The summed E-state index contributed by atoms with van der Waals surface area (Å²) in [7, 11) is 0.